The summed E-state index contributed by atoms with van der Waals surface area (Å²) in [7, 11) is 4.80. The first-order chi connectivity index (χ1) is 19.6. The number of phenols is 1. The number of fused-ring (bicyclic) bond motifs is 4. The number of rotatable bonds is 8. The van der Waals surface area contributed by atoms with Crippen LogP contribution in [-0.4, -0.2) is 52.2 Å². The van der Waals surface area contributed by atoms with Crippen molar-refractivity contribution in [3.8, 4) is 34.6 Å². The van der Waals surface area contributed by atoms with Crippen molar-refractivity contribution < 1.29 is 28.9 Å². The molecule has 3 aromatic carbocycles. The Morgan fingerprint density at radius 2 is 1.80 bits per heavy atom. The lowest BCUT2D eigenvalue weighted by Crippen LogP contribution is -2.15. The molecule has 1 N–H and O–H groups in total. The van der Waals surface area contributed by atoms with Crippen LogP contribution in [0.4, 0.5) is 0 Å². The SMILES string of the molecule is COc1ccc(/C=N/OCc2nc3c4c(ncn3n2)Oc2cc(O)ccc2[C@@H]4c2ccc(OC)c(OC)c2)cc1. The van der Waals surface area contributed by atoms with Gasteiger partial charge in [-0.25, -0.2) is 14.5 Å². The minimum Gasteiger partial charge on any atom is -0.508 e. The molecule has 5 aromatic rings. The minimum absolute atomic E-state index is 0.0510. The van der Waals surface area contributed by atoms with Gasteiger partial charge in [0.1, 0.15) is 23.6 Å². The zero-order valence-corrected chi connectivity index (χ0v) is 21.9. The Morgan fingerprint density at radius 1 is 0.975 bits per heavy atom. The van der Waals surface area contributed by atoms with Crippen LogP contribution >= 0.6 is 0 Å². The molecule has 11 nitrogen and oxygen atoms in total. The van der Waals surface area contributed by atoms with Crippen LogP contribution < -0.4 is 18.9 Å². The fourth-order valence-corrected chi connectivity index (χ4v) is 4.67. The van der Waals surface area contributed by atoms with E-state index in [1.165, 1.54) is 6.33 Å². The lowest BCUT2D eigenvalue weighted by molar-refractivity contribution is 0.126. The van der Waals surface area contributed by atoms with E-state index in [2.05, 4.69) is 15.2 Å². The third kappa shape index (κ3) is 4.57. The number of methoxy groups -OCH3 is 3. The molecule has 0 aliphatic carbocycles. The first kappa shape index (κ1) is 25.0. The summed E-state index contributed by atoms with van der Waals surface area (Å²) >= 11 is 0. The van der Waals surface area contributed by atoms with Crippen molar-refractivity contribution in [1.82, 2.24) is 19.6 Å². The Bertz CT molecular complexity index is 1720. The highest BCUT2D eigenvalue weighted by Crippen LogP contribution is 2.49. The van der Waals surface area contributed by atoms with E-state index >= 15 is 0 Å². The van der Waals surface area contributed by atoms with E-state index in [0.29, 0.717) is 40.2 Å². The lowest BCUT2D eigenvalue weighted by atomic mass is 9.83. The van der Waals surface area contributed by atoms with E-state index in [0.717, 1.165) is 22.4 Å². The van der Waals surface area contributed by atoms with Gasteiger partial charge in [-0.15, -0.1) is 5.10 Å². The van der Waals surface area contributed by atoms with Crippen LogP contribution in [0.1, 0.15) is 34.0 Å². The predicted molar refractivity (Wildman–Crippen MR) is 145 cm³/mol. The summed E-state index contributed by atoms with van der Waals surface area (Å²) in [5.41, 5.74) is 3.86. The van der Waals surface area contributed by atoms with Gasteiger partial charge in [-0.1, -0.05) is 17.3 Å². The molecule has 0 saturated carbocycles. The molecule has 0 radical (unpaired) electrons. The van der Waals surface area contributed by atoms with Crippen LogP contribution in [0.2, 0.25) is 0 Å². The molecule has 0 amide bonds. The van der Waals surface area contributed by atoms with Crippen molar-refractivity contribution in [1.29, 1.82) is 0 Å². The zero-order valence-electron chi connectivity index (χ0n) is 21.9. The van der Waals surface area contributed by atoms with Crippen molar-refractivity contribution in [3.63, 3.8) is 0 Å². The molecule has 6 rings (SSSR count). The maximum Gasteiger partial charge on any atom is 0.228 e. The van der Waals surface area contributed by atoms with Gasteiger partial charge >= 0.3 is 0 Å². The molecule has 40 heavy (non-hydrogen) atoms. The highest BCUT2D eigenvalue weighted by molar-refractivity contribution is 5.79. The van der Waals surface area contributed by atoms with Crippen molar-refractivity contribution in [2.45, 2.75) is 12.5 Å². The standard InChI is InChI=1S/C29H25N5O6/c1-36-20-8-4-17(5-9-20)14-31-39-15-25-32-28-27-26(18-6-11-22(37-2)24(12-18)38-3)21-10-7-19(35)13-23(21)40-29(27)30-16-34(28)33-25/h4-14,16,26,35H,15H2,1-3H3/b31-14+/t26-/m0/s1. The molecule has 1 atom stereocenters. The second-order valence-corrected chi connectivity index (χ2v) is 8.91. The summed E-state index contributed by atoms with van der Waals surface area (Å²) in [6.45, 7) is 0.0510. The van der Waals surface area contributed by atoms with E-state index in [9.17, 15) is 5.11 Å². The van der Waals surface area contributed by atoms with E-state index in [-0.39, 0.29) is 18.3 Å². The van der Waals surface area contributed by atoms with Gasteiger partial charge in [-0.05, 0) is 53.6 Å². The monoisotopic (exact) mass is 539 g/mol. The van der Waals surface area contributed by atoms with Gasteiger partial charge in [0.2, 0.25) is 5.88 Å². The van der Waals surface area contributed by atoms with Gasteiger partial charge in [-0.3, -0.25) is 0 Å². The molecule has 202 valence electrons. The molecule has 11 heteroatoms. The number of oxime groups is 1. The van der Waals surface area contributed by atoms with Crippen molar-refractivity contribution in [3.05, 3.63) is 95.1 Å². The summed E-state index contributed by atoms with van der Waals surface area (Å²) in [6, 6.07) is 18.2. The van der Waals surface area contributed by atoms with Crippen molar-refractivity contribution in [2.24, 2.45) is 5.16 Å². The third-order valence-corrected chi connectivity index (χ3v) is 6.56. The Kier molecular flexibility index (Phi) is 6.52. The Morgan fingerprint density at radius 3 is 2.58 bits per heavy atom. The molecule has 3 heterocycles. The molecule has 0 saturated heterocycles. The van der Waals surface area contributed by atoms with Crippen LogP contribution in [-0.2, 0) is 11.4 Å². The number of aromatic hydroxyl groups is 1. The summed E-state index contributed by atoms with van der Waals surface area (Å²) in [5, 5.41) is 18.7. The number of hydrogen-bond donors (Lipinski definition) is 1. The van der Waals surface area contributed by atoms with Gasteiger partial charge in [0.25, 0.3) is 0 Å². The smallest absolute Gasteiger partial charge is 0.228 e. The quantitative estimate of drug-likeness (QED) is 0.217. The number of benzene rings is 3. The number of aromatic nitrogens is 4. The maximum atomic E-state index is 10.1. The number of hydrogen-bond acceptors (Lipinski definition) is 10. The second kappa shape index (κ2) is 10.4. The summed E-state index contributed by atoms with van der Waals surface area (Å²) in [4.78, 5) is 14.7. The van der Waals surface area contributed by atoms with Gasteiger partial charge in [-0.2, -0.15) is 0 Å². The van der Waals surface area contributed by atoms with E-state index in [1.54, 1.807) is 44.2 Å². The first-order valence-electron chi connectivity index (χ1n) is 12.3. The van der Waals surface area contributed by atoms with Gasteiger partial charge in [0, 0.05) is 17.5 Å². The molecule has 0 unspecified atom stereocenters. The normalized spacial score (nSPS) is 13.9. The van der Waals surface area contributed by atoms with E-state index in [1.807, 2.05) is 48.5 Å². The van der Waals surface area contributed by atoms with Gasteiger partial charge in [0.15, 0.2) is 29.6 Å². The highest BCUT2D eigenvalue weighted by Gasteiger charge is 2.34. The zero-order chi connectivity index (χ0) is 27.6. The second-order valence-electron chi connectivity index (χ2n) is 8.91. The van der Waals surface area contributed by atoms with Crippen LogP contribution in [0.3, 0.4) is 0 Å². The van der Waals surface area contributed by atoms with Crippen molar-refractivity contribution in [2.75, 3.05) is 21.3 Å². The fraction of sp³-hybridized carbons (Fsp3) is 0.172. The minimum atomic E-state index is -0.346. The maximum absolute atomic E-state index is 10.1. The summed E-state index contributed by atoms with van der Waals surface area (Å²) in [6.07, 6.45) is 3.14. The topological polar surface area (TPSA) is 122 Å². The first-order valence-corrected chi connectivity index (χ1v) is 12.3. The third-order valence-electron chi connectivity index (χ3n) is 6.56. The van der Waals surface area contributed by atoms with Crippen LogP contribution in [0, 0.1) is 0 Å². The van der Waals surface area contributed by atoms with Crippen molar-refractivity contribution >= 4 is 11.9 Å². The fourth-order valence-electron chi connectivity index (χ4n) is 4.67. The largest absolute Gasteiger partial charge is 0.508 e. The molecule has 0 fully saturated rings. The van der Waals surface area contributed by atoms with Crippen LogP contribution in [0.15, 0.2) is 72.1 Å². The number of nitrogens with zero attached hydrogens (tertiary/aromatic N) is 5. The summed E-state index contributed by atoms with van der Waals surface area (Å²) in [5.74, 6) is 2.98. The average molecular weight is 540 g/mol. The lowest BCUT2D eigenvalue weighted by Gasteiger charge is -2.28. The molecular weight excluding hydrogens is 514 g/mol. The Labute approximate surface area is 229 Å². The van der Waals surface area contributed by atoms with Gasteiger partial charge < -0.3 is 28.9 Å². The highest BCUT2D eigenvalue weighted by atomic mass is 16.6. The molecule has 0 bridgehead atoms. The van der Waals surface area contributed by atoms with E-state index in [4.69, 9.17) is 28.8 Å². The Hall–Kier alpha value is -5.32. The van der Waals surface area contributed by atoms with E-state index < -0.39 is 0 Å². The molecular formula is C29H25N5O6. The van der Waals surface area contributed by atoms with Crippen LogP contribution in [0.5, 0.6) is 34.6 Å². The average Bonchev–Trinajstić information content (AvgIpc) is 3.41. The summed E-state index contributed by atoms with van der Waals surface area (Å²) < 4.78 is 23.9. The number of phenolic OH excluding ortho intramolecular Hbond substituents is 1. The molecule has 0 spiro atoms. The molecule has 2 aromatic heterocycles. The molecule has 1 aliphatic heterocycles. The predicted octanol–water partition coefficient (Wildman–Crippen LogP) is 4.69. The van der Waals surface area contributed by atoms with Gasteiger partial charge in [0.05, 0.1) is 33.1 Å². The number of ether oxygens (including phenoxy) is 4. The molecule has 1 aliphatic rings. The Balaban J connectivity index is 1.36. The van der Waals surface area contributed by atoms with Crippen LogP contribution in [0.25, 0.3) is 5.65 Å².